The maximum absolute atomic E-state index is 5.56. The summed E-state index contributed by atoms with van der Waals surface area (Å²) in [5.74, 6) is 0.993. The Kier molecular flexibility index (Phi) is 3.40. The molecule has 1 aromatic rings. The lowest BCUT2D eigenvalue weighted by atomic mass is 10.1. The van der Waals surface area contributed by atoms with Crippen LogP contribution >= 0.6 is 22.6 Å². The maximum Gasteiger partial charge on any atom is 0.145 e. The number of rotatable bonds is 2. The summed E-state index contributed by atoms with van der Waals surface area (Å²) >= 11 is 2.26. The van der Waals surface area contributed by atoms with Crippen LogP contribution in [0.1, 0.15) is 13.3 Å². The fraction of sp³-hybridized carbons (Fsp3) is 0.600. The van der Waals surface area contributed by atoms with Crippen molar-refractivity contribution in [3.63, 3.8) is 0 Å². The third-order valence-corrected chi connectivity index (χ3v) is 3.58. The van der Waals surface area contributed by atoms with E-state index in [4.69, 9.17) is 4.74 Å². The van der Waals surface area contributed by atoms with E-state index in [0.29, 0.717) is 6.04 Å². The average Bonchev–Trinajstić information content (AvgIpc) is 2.64. The summed E-state index contributed by atoms with van der Waals surface area (Å²) in [7, 11) is 2.07. The van der Waals surface area contributed by atoms with Crippen molar-refractivity contribution in [2.45, 2.75) is 25.5 Å². The number of aromatic nitrogens is 2. The van der Waals surface area contributed by atoms with Crippen molar-refractivity contribution < 1.29 is 4.74 Å². The lowest BCUT2D eigenvalue weighted by Crippen LogP contribution is -2.37. The van der Waals surface area contributed by atoms with Gasteiger partial charge in [-0.05, 0) is 35.9 Å². The van der Waals surface area contributed by atoms with Crippen molar-refractivity contribution >= 4 is 28.4 Å². The highest BCUT2D eigenvalue weighted by Crippen LogP contribution is 2.25. The maximum atomic E-state index is 5.56. The quantitative estimate of drug-likeness (QED) is 0.778. The first kappa shape index (κ1) is 11.1. The van der Waals surface area contributed by atoms with E-state index >= 15 is 0 Å². The predicted molar refractivity (Wildman–Crippen MR) is 67.0 cm³/mol. The van der Waals surface area contributed by atoms with Crippen LogP contribution in [0.2, 0.25) is 0 Å². The SMILES string of the molecule is CC1OCCC1N(C)c1ncncc1I. The molecule has 2 atom stereocenters. The summed E-state index contributed by atoms with van der Waals surface area (Å²) in [5, 5.41) is 0. The van der Waals surface area contributed by atoms with Gasteiger partial charge < -0.3 is 9.64 Å². The molecule has 15 heavy (non-hydrogen) atoms. The van der Waals surface area contributed by atoms with Gasteiger partial charge in [0, 0.05) is 19.9 Å². The van der Waals surface area contributed by atoms with E-state index in [0.717, 1.165) is 22.4 Å². The molecule has 0 radical (unpaired) electrons. The highest BCUT2D eigenvalue weighted by atomic mass is 127. The van der Waals surface area contributed by atoms with Gasteiger partial charge in [0.1, 0.15) is 12.1 Å². The first-order valence-corrected chi connectivity index (χ1v) is 6.08. The summed E-state index contributed by atoms with van der Waals surface area (Å²) in [6.45, 7) is 2.96. The molecule has 1 fully saturated rings. The van der Waals surface area contributed by atoms with Gasteiger partial charge in [0.15, 0.2) is 0 Å². The van der Waals surface area contributed by atoms with E-state index in [2.05, 4.69) is 51.4 Å². The molecule has 0 N–H and O–H groups in total. The Balaban J connectivity index is 2.20. The lowest BCUT2D eigenvalue weighted by molar-refractivity contribution is 0.118. The van der Waals surface area contributed by atoms with Gasteiger partial charge in [0.25, 0.3) is 0 Å². The standard InChI is InChI=1S/C10H14IN3O/c1-7-9(3-4-15-7)14(2)10-8(11)5-12-6-13-10/h5-7,9H,3-4H2,1-2H3. The van der Waals surface area contributed by atoms with Gasteiger partial charge in [-0.2, -0.15) is 0 Å². The van der Waals surface area contributed by atoms with Crippen molar-refractivity contribution in [2.75, 3.05) is 18.6 Å². The smallest absolute Gasteiger partial charge is 0.145 e. The van der Waals surface area contributed by atoms with Crippen LogP contribution in [0.5, 0.6) is 0 Å². The van der Waals surface area contributed by atoms with Crippen molar-refractivity contribution in [1.82, 2.24) is 9.97 Å². The monoisotopic (exact) mass is 319 g/mol. The molecular formula is C10H14IN3O. The Morgan fingerprint density at radius 1 is 1.60 bits per heavy atom. The molecule has 0 aromatic carbocycles. The van der Waals surface area contributed by atoms with E-state index < -0.39 is 0 Å². The second-order valence-electron chi connectivity index (χ2n) is 3.74. The minimum atomic E-state index is 0.278. The lowest BCUT2D eigenvalue weighted by Gasteiger charge is -2.28. The fourth-order valence-corrected chi connectivity index (χ4v) is 2.63. The van der Waals surface area contributed by atoms with Gasteiger partial charge in [0.05, 0.1) is 15.7 Å². The molecule has 82 valence electrons. The van der Waals surface area contributed by atoms with Crippen LogP contribution in [0.3, 0.4) is 0 Å². The topological polar surface area (TPSA) is 38.2 Å². The zero-order valence-electron chi connectivity index (χ0n) is 8.85. The van der Waals surface area contributed by atoms with Crippen molar-refractivity contribution in [2.24, 2.45) is 0 Å². The molecule has 1 saturated heterocycles. The van der Waals surface area contributed by atoms with Crippen LogP contribution in [-0.4, -0.2) is 35.8 Å². The molecule has 4 nitrogen and oxygen atoms in total. The Morgan fingerprint density at radius 3 is 3.00 bits per heavy atom. The Labute approximate surface area is 103 Å². The first-order valence-electron chi connectivity index (χ1n) is 5.00. The van der Waals surface area contributed by atoms with E-state index in [-0.39, 0.29) is 6.10 Å². The summed E-state index contributed by atoms with van der Waals surface area (Å²) in [4.78, 5) is 10.5. The largest absolute Gasteiger partial charge is 0.376 e. The molecule has 2 rings (SSSR count). The van der Waals surface area contributed by atoms with Crippen molar-refractivity contribution in [1.29, 1.82) is 0 Å². The van der Waals surface area contributed by atoms with Crippen LogP contribution < -0.4 is 4.90 Å². The number of ether oxygens (including phenoxy) is 1. The molecular weight excluding hydrogens is 305 g/mol. The second kappa shape index (κ2) is 4.61. The van der Waals surface area contributed by atoms with Gasteiger partial charge in [-0.1, -0.05) is 0 Å². The molecule has 2 unspecified atom stereocenters. The molecule has 0 amide bonds. The molecule has 1 aliphatic rings. The van der Waals surface area contributed by atoms with E-state index in [1.165, 1.54) is 0 Å². The van der Waals surface area contributed by atoms with E-state index in [9.17, 15) is 0 Å². The summed E-state index contributed by atoms with van der Waals surface area (Å²) in [6.07, 6.45) is 4.77. The van der Waals surface area contributed by atoms with Gasteiger partial charge in [-0.3, -0.25) is 0 Å². The molecule has 2 heterocycles. The van der Waals surface area contributed by atoms with Crippen LogP contribution in [0.25, 0.3) is 0 Å². The van der Waals surface area contributed by atoms with Crippen LogP contribution in [0, 0.1) is 3.57 Å². The molecule has 0 aliphatic carbocycles. The number of hydrogen-bond acceptors (Lipinski definition) is 4. The number of nitrogens with zero attached hydrogens (tertiary/aromatic N) is 3. The second-order valence-corrected chi connectivity index (χ2v) is 4.90. The number of likely N-dealkylation sites (N-methyl/N-ethyl adjacent to an activating group) is 1. The Morgan fingerprint density at radius 2 is 2.40 bits per heavy atom. The van der Waals surface area contributed by atoms with Gasteiger partial charge in [-0.25, -0.2) is 9.97 Å². The normalized spacial score (nSPS) is 25.5. The minimum absolute atomic E-state index is 0.278. The fourth-order valence-electron chi connectivity index (χ4n) is 1.95. The average molecular weight is 319 g/mol. The van der Waals surface area contributed by atoms with E-state index in [1.807, 2.05) is 6.20 Å². The minimum Gasteiger partial charge on any atom is -0.376 e. The molecule has 5 heteroatoms. The Hall–Kier alpha value is -0.430. The zero-order valence-corrected chi connectivity index (χ0v) is 11.0. The molecule has 0 bridgehead atoms. The molecule has 1 aromatic heterocycles. The summed E-state index contributed by atoms with van der Waals surface area (Å²) in [5.41, 5.74) is 0. The van der Waals surface area contributed by atoms with Gasteiger partial charge >= 0.3 is 0 Å². The third-order valence-electron chi connectivity index (χ3n) is 2.82. The van der Waals surface area contributed by atoms with Crippen molar-refractivity contribution in [3.8, 4) is 0 Å². The van der Waals surface area contributed by atoms with Crippen LogP contribution in [-0.2, 0) is 4.74 Å². The summed E-state index contributed by atoms with van der Waals surface area (Å²) < 4.78 is 6.64. The van der Waals surface area contributed by atoms with Gasteiger partial charge in [-0.15, -0.1) is 0 Å². The number of anilines is 1. The predicted octanol–water partition coefficient (Wildman–Crippen LogP) is 1.69. The molecule has 0 spiro atoms. The number of hydrogen-bond donors (Lipinski definition) is 0. The van der Waals surface area contributed by atoms with E-state index in [1.54, 1.807) is 6.33 Å². The van der Waals surface area contributed by atoms with Gasteiger partial charge in [0.2, 0.25) is 0 Å². The van der Waals surface area contributed by atoms with Crippen molar-refractivity contribution in [3.05, 3.63) is 16.1 Å². The molecule has 1 aliphatic heterocycles. The highest BCUT2D eigenvalue weighted by Gasteiger charge is 2.29. The number of halogens is 1. The van der Waals surface area contributed by atoms with Crippen LogP contribution in [0.4, 0.5) is 5.82 Å². The summed E-state index contributed by atoms with van der Waals surface area (Å²) in [6, 6.07) is 0.424. The van der Waals surface area contributed by atoms with Crippen LogP contribution in [0.15, 0.2) is 12.5 Å². The molecule has 0 saturated carbocycles. The Bertz CT molecular complexity index is 347. The first-order chi connectivity index (χ1) is 7.20. The third kappa shape index (κ3) is 2.23. The zero-order chi connectivity index (χ0) is 10.8. The highest BCUT2D eigenvalue weighted by molar-refractivity contribution is 14.1.